The molecule has 0 bridgehead atoms. The zero-order chi connectivity index (χ0) is 13.9. The van der Waals surface area contributed by atoms with Gasteiger partial charge in [0.15, 0.2) is 0 Å². The van der Waals surface area contributed by atoms with Crippen LogP contribution in [-0.2, 0) is 18.8 Å². The number of benzene rings is 1. The molecule has 0 aliphatic rings. The van der Waals surface area contributed by atoms with Gasteiger partial charge < -0.3 is 0 Å². The van der Waals surface area contributed by atoms with E-state index in [4.69, 9.17) is 11.6 Å². The maximum absolute atomic E-state index is 12.2. The molecule has 0 aliphatic heterocycles. The summed E-state index contributed by atoms with van der Waals surface area (Å²) >= 11 is 7.26. The van der Waals surface area contributed by atoms with Crippen LogP contribution in [0.5, 0.6) is 0 Å². The SMILES string of the molecule is O=c1c2ccccc2nnn1CCc1nc(CCl)cs1. The molecule has 0 saturated heterocycles. The molecule has 0 amide bonds. The van der Waals surface area contributed by atoms with Crippen molar-refractivity contribution in [1.82, 2.24) is 20.0 Å². The van der Waals surface area contributed by atoms with E-state index in [0.717, 1.165) is 10.7 Å². The Bertz CT molecular complexity index is 798. The summed E-state index contributed by atoms with van der Waals surface area (Å²) in [5.74, 6) is 0.409. The molecular formula is C13H11ClN4OS. The smallest absolute Gasteiger partial charge is 0.267 e. The van der Waals surface area contributed by atoms with Gasteiger partial charge in [0.1, 0.15) is 5.52 Å². The minimum Gasteiger partial charge on any atom is -0.267 e. The molecule has 0 radical (unpaired) electrons. The van der Waals surface area contributed by atoms with Gasteiger partial charge in [-0.3, -0.25) is 4.79 Å². The monoisotopic (exact) mass is 306 g/mol. The Labute approximate surface area is 123 Å². The number of nitrogens with zero attached hydrogens (tertiary/aromatic N) is 4. The van der Waals surface area contributed by atoms with Crippen molar-refractivity contribution in [2.24, 2.45) is 0 Å². The highest BCUT2D eigenvalue weighted by molar-refractivity contribution is 7.09. The molecule has 2 heterocycles. The summed E-state index contributed by atoms with van der Waals surface area (Å²) < 4.78 is 1.38. The Morgan fingerprint density at radius 1 is 1.30 bits per heavy atom. The number of hydrogen-bond acceptors (Lipinski definition) is 5. The van der Waals surface area contributed by atoms with E-state index < -0.39 is 0 Å². The van der Waals surface area contributed by atoms with E-state index in [2.05, 4.69) is 15.3 Å². The maximum atomic E-state index is 12.2. The Hall–Kier alpha value is -1.79. The van der Waals surface area contributed by atoms with Gasteiger partial charge in [-0.25, -0.2) is 9.67 Å². The molecule has 0 unspecified atom stereocenters. The van der Waals surface area contributed by atoms with Gasteiger partial charge in [-0.2, -0.15) is 0 Å². The Morgan fingerprint density at radius 2 is 2.15 bits per heavy atom. The van der Waals surface area contributed by atoms with E-state index >= 15 is 0 Å². The fraction of sp³-hybridized carbons (Fsp3) is 0.231. The number of halogens is 1. The van der Waals surface area contributed by atoms with Crippen LogP contribution >= 0.6 is 22.9 Å². The first-order valence-electron chi connectivity index (χ1n) is 6.09. The van der Waals surface area contributed by atoms with Crippen molar-refractivity contribution in [2.75, 3.05) is 0 Å². The zero-order valence-electron chi connectivity index (χ0n) is 10.5. The van der Waals surface area contributed by atoms with Gasteiger partial charge in [0.05, 0.1) is 28.5 Å². The normalized spacial score (nSPS) is 11.1. The molecule has 7 heteroatoms. The second-order valence-corrected chi connectivity index (χ2v) is 5.46. The number of aryl methyl sites for hydroxylation is 2. The zero-order valence-corrected chi connectivity index (χ0v) is 12.1. The van der Waals surface area contributed by atoms with E-state index in [0.29, 0.717) is 29.7 Å². The van der Waals surface area contributed by atoms with E-state index in [1.807, 2.05) is 17.5 Å². The van der Waals surface area contributed by atoms with Gasteiger partial charge >= 0.3 is 0 Å². The van der Waals surface area contributed by atoms with Crippen molar-refractivity contribution in [1.29, 1.82) is 0 Å². The molecule has 0 atom stereocenters. The third kappa shape index (κ3) is 2.57. The average molecular weight is 307 g/mol. The fourth-order valence-electron chi connectivity index (χ4n) is 1.90. The molecular weight excluding hydrogens is 296 g/mol. The van der Waals surface area contributed by atoms with Gasteiger partial charge in [0.25, 0.3) is 5.56 Å². The number of fused-ring (bicyclic) bond motifs is 1. The molecule has 20 heavy (non-hydrogen) atoms. The second-order valence-electron chi connectivity index (χ2n) is 4.25. The average Bonchev–Trinajstić information content (AvgIpc) is 2.95. The standard InChI is InChI=1S/C13H11ClN4OS/c14-7-9-8-20-12(15-9)5-6-18-13(19)10-3-1-2-4-11(10)16-17-18/h1-4,8H,5-7H2. The van der Waals surface area contributed by atoms with Crippen LogP contribution in [0.2, 0.25) is 0 Å². The van der Waals surface area contributed by atoms with Crippen LogP contribution < -0.4 is 5.56 Å². The van der Waals surface area contributed by atoms with Crippen LogP contribution in [0.25, 0.3) is 10.9 Å². The number of alkyl halides is 1. The number of rotatable bonds is 4. The third-order valence-electron chi connectivity index (χ3n) is 2.90. The number of hydrogen-bond donors (Lipinski definition) is 0. The summed E-state index contributed by atoms with van der Waals surface area (Å²) in [6.45, 7) is 0.464. The minimum atomic E-state index is -0.121. The van der Waals surface area contributed by atoms with Crippen LogP contribution in [0.4, 0.5) is 0 Å². The Morgan fingerprint density at radius 3 is 2.95 bits per heavy atom. The lowest BCUT2D eigenvalue weighted by Gasteiger charge is -2.03. The van der Waals surface area contributed by atoms with Crippen LogP contribution in [0.1, 0.15) is 10.7 Å². The van der Waals surface area contributed by atoms with Gasteiger partial charge in [-0.05, 0) is 12.1 Å². The quantitative estimate of drug-likeness (QED) is 0.694. The van der Waals surface area contributed by atoms with Crippen molar-refractivity contribution >= 4 is 33.8 Å². The predicted octanol–water partition coefficient (Wildman–Crippen LogP) is 2.23. The van der Waals surface area contributed by atoms with Gasteiger partial charge in [0.2, 0.25) is 0 Å². The van der Waals surface area contributed by atoms with Crippen LogP contribution in [-0.4, -0.2) is 20.0 Å². The third-order valence-corrected chi connectivity index (χ3v) is 4.13. The highest BCUT2D eigenvalue weighted by Crippen LogP contribution is 2.12. The Kier molecular flexibility index (Phi) is 3.75. The molecule has 0 saturated carbocycles. The summed E-state index contributed by atoms with van der Waals surface area (Å²) in [6, 6.07) is 7.20. The van der Waals surface area contributed by atoms with Gasteiger partial charge in [-0.15, -0.1) is 28.0 Å². The van der Waals surface area contributed by atoms with Crippen molar-refractivity contribution in [3.63, 3.8) is 0 Å². The topological polar surface area (TPSA) is 60.7 Å². The summed E-state index contributed by atoms with van der Waals surface area (Å²) in [5, 5.41) is 11.5. The van der Waals surface area contributed by atoms with Gasteiger partial charge in [-0.1, -0.05) is 17.3 Å². The number of aromatic nitrogens is 4. The first kappa shape index (κ1) is 13.2. The maximum Gasteiger partial charge on any atom is 0.277 e. The Balaban J connectivity index is 1.84. The molecule has 0 N–H and O–H groups in total. The molecule has 5 nitrogen and oxygen atoms in total. The van der Waals surface area contributed by atoms with Crippen molar-refractivity contribution in [3.8, 4) is 0 Å². The lowest BCUT2D eigenvalue weighted by Crippen LogP contribution is -2.25. The largest absolute Gasteiger partial charge is 0.277 e. The van der Waals surface area contributed by atoms with Gasteiger partial charge in [0, 0.05) is 11.8 Å². The fourth-order valence-corrected chi connectivity index (χ4v) is 2.91. The van der Waals surface area contributed by atoms with Crippen molar-refractivity contribution in [3.05, 3.63) is 50.7 Å². The van der Waals surface area contributed by atoms with E-state index in [1.165, 1.54) is 4.68 Å². The van der Waals surface area contributed by atoms with Crippen molar-refractivity contribution in [2.45, 2.75) is 18.8 Å². The molecule has 0 spiro atoms. The first-order valence-corrected chi connectivity index (χ1v) is 7.51. The van der Waals surface area contributed by atoms with Crippen LogP contribution in [0.3, 0.4) is 0 Å². The highest BCUT2D eigenvalue weighted by atomic mass is 35.5. The van der Waals surface area contributed by atoms with Crippen LogP contribution in [0, 0.1) is 0 Å². The summed E-state index contributed by atoms with van der Waals surface area (Å²) in [7, 11) is 0. The van der Waals surface area contributed by atoms with E-state index in [1.54, 1.807) is 23.5 Å². The van der Waals surface area contributed by atoms with Crippen molar-refractivity contribution < 1.29 is 0 Å². The first-order chi connectivity index (χ1) is 9.78. The lowest BCUT2D eigenvalue weighted by atomic mass is 10.2. The molecule has 2 aromatic heterocycles. The van der Waals surface area contributed by atoms with E-state index in [9.17, 15) is 4.79 Å². The van der Waals surface area contributed by atoms with E-state index in [-0.39, 0.29) is 5.56 Å². The lowest BCUT2D eigenvalue weighted by molar-refractivity contribution is 0.548. The second kappa shape index (κ2) is 5.68. The summed E-state index contributed by atoms with van der Waals surface area (Å²) in [6.07, 6.45) is 0.647. The molecule has 0 fully saturated rings. The van der Waals surface area contributed by atoms with Crippen LogP contribution in [0.15, 0.2) is 34.4 Å². The summed E-state index contributed by atoms with van der Waals surface area (Å²) in [5.41, 5.74) is 1.36. The number of thiazole rings is 1. The summed E-state index contributed by atoms with van der Waals surface area (Å²) in [4.78, 5) is 16.6. The highest BCUT2D eigenvalue weighted by Gasteiger charge is 2.06. The molecule has 3 rings (SSSR count). The molecule has 0 aliphatic carbocycles. The molecule has 3 aromatic rings. The molecule has 1 aromatic carbocycles. The predicted molar refractivity (Wildman–Crippen MR) is 79.2 cm³/mol. The molecule has 102 valence electrons. The minimum absolute atomic E-state index is 0.121.